The second-order valence-corrected chi connectivity index (χ2v) is 5.13. The molecule has 0 radical (unpaired) electrons. The van der Waals surface area contributed by atoms with Crippen LogP contribution >= 0.6 is 0 Å². The molecule has 0 bridgehead atoms. The molecule has 112 valence electrons. The summed E-state index contributed by atoms with van der Waals surface area (Å²) < 4.78 is 0. The molecule has 1 aromatic carbocycles. The van der Waals surface area contributed by atoms with Crippen LogP contribution in [0.5, 0.6) is 0 Å². The van der Waals surface area contributed by atoms with Crippen molar-refractivity contribution >= 4 is 17.1 Å². The van der Waals surface area contributed by atoms with Gasteiger partial charge in [0.25, 0.3) is 5.69 Å². The third-order valence-corrected chi connectivity index (χ3v) is 3.32. The van der Waals surface area contributed by atoms with E-state index in [0.29, 0.717) is 6.04 Å². The molecule has 20 heavy (non-hydrogen) atoms. The topological polar surface area (TPSA) is 70.4 Å². The fraction of sp³-hybridized carbons (Fsp3) is 0.571. The number of hydrogen-bond donors (Lipinski definition) is 2. The second kappa shape index (κ2) is 7.69. The number of anilines is 2. The first-order valence-electron chi connectivity index (χ1n) is 6.85. The molecule has 1 rings (SSSR count). The summed E-state index contributed by atoms with van der Waals surface area (Å²) in [5.41, 5.74) is 1.61. The predicted molar refractivity (Wildman–Crippen MR) is 83.5 cm³/mol. The standard InChI is InChI=1S/C14H24N4O2/c1-11(2)17(4)7-5-6-16-13-8-12(15-3)9-14(10-13)18(19)20/h8-11,15-16H,5-7H2,1-4H3. The Morgan fingerprint density at radius 2 is 1.95 bits per heavy atom. The van der Waals surface area contributed by atoms with Gasteiger partial charge in [-0.2, -0.15) is 0 Å². The van der Waals surface area contributed by atoms with E-state index in [1.165, 1.54) is 6.07 Å². The highest BCUT2D eigenvalue weighted by Gasteiger charge is 2.09. The van der Waals surface area contributed by atoms with E-state index in [1.807, 2.05) is 6.07 Å². The van der Waals surface area contributed by atoms with Crippen molar-refractivity contribution in [3.63, 3.8) is 0 Å². The summed E-state index contributed by atoms with van der Waals surface area (Å²) >= 11 is 0. The Balaban J connectivity index is 2.55. The van der Waals surface area contributed by atoms with Gasteiger partial charge in [-0.3, -0.25) is 10.1 Å². The maximum Gasteiger partial charge on any atom is 0.273 e. The molecule has 0 heterocycles. The zero-order chi connectivity index (χ0) is 15.1. The molecule has 0 unspecified atom stereocenters. The first-order valence-corrected chi connectivity index (χ1v) is 6.85. The lowest BCUT2D eigenvalue weighted by atomic mass is 10.2. The maximum atomic E-state index is 10.9. The van der Waals surface area contributed by atoms with Crippen molar-refractivity contribution in [3.8, 4) is 0 Å². The van der Waals surface area contributed by atoms with Gasteiger partial charge in [-0.25, -0.2) is 0 Å². The highest BCUT2D eigenvalue weighted by Crippen LogP contribution is 2.23. The zero-order valence-electron chi connectivity index (χ0n) is 12.6. The summed E-state index contributed by atoms with van der Waals surface area (Å²) in [4.78, 5) is 12.8. The van der Waals surface area contributed by atoms with Crippen LogP contribution in [-0.4, -0.2) is 43.0 Å². The van der Waals surface area contributed by atoms with Crippen LogP contribution in [0.3, 0.4) is 0 Å². The largest absolute Gasteiger partial charge is 0.388 e. The minimum Gasteiger partial charge on any atom is -0.388 e. The number of rotatable bonds is 8. The van der Waals surface area contributed by atoms with Gasteiger partial charge in [0.2, 0.25) is 0 Å². The molecule has 0 atom stereocenters. The lowest BCUT2D eigenvalue weighted by Crippen LogP contribution is -2.28. The first-order chi connectivity index (χ1) is 9.43. The second-order valence-electron chi connectivity index (χ2n) is 5.13. The van der Waals surface area contributed by atoms with Crippen molar-refractivity contribution in [1.29, 1.82) is 0 Å². The minimum absolute atomic E-state index is 0.0960. The van der Waals surface area contributed by atoms with Crippen molar-refractivity contribution < 1.29 is 4.92 Å². The number of nitrogens with zero attached hydrogens (tertiary/aromatic N) is 2. The maximum absolute atomic E-state index is 10.9. The van der Waals surface area contributed by atoms with Gasteiger partial charge in [0.15, 0.2) is 0 Å². The van der Waals surface area contributed by atoms with Gasteiger partial charge < -0.3 is 15.5 Å². The normalized spacial score (nSPS) is 10.9. The Morgan fingerprint density at radius 3 is 2.50 bits per heavy atom. The Labute approximate surface area is 120 Å². The summed E-state index contributed by atoms with van der Waals surface area (Å²) in [5, 5.41) is 17.0. The number of non-ortho nitro benzene ring substituents is 1. The monoisotopic (exact) mass is 280 g/mol. The highest BCUT2D eigenvalue weighted by atomic mass is 16.6. The van der Waals surface area contributed by atoms with Crippen LogP contribution in [0.1, 0.15) is 20.3 Å². The van der Waals surface area contributed by atoms with E-state index >= 15 is 0 Å². The molecule has 0 aliphatic carbocycles. The van der Waals surface area contributed by atoms with Gasteiger partial charge in [0.1, 0.15) is 0 Å². The molecular formula is C14H24N4O2. The summed E-state index contributed by atoms with van der Waals surface area (Å²) in [6, 6.07) is 5.49. The Bertz CT molecular complexity index is 449. The third kappa shape index (κ3) is 5.05. The van der Waals surface area contributed by atoms with Crippen LogP contribution in [-0.2, 0) is 0 Å². The molecular weight excluding hydrogens is 256 g/mol. The predicted octanol–water partition coefficient (Wildman–Crippen LogP) is 2.78. The molecule has 0 saturated heterocycles. The highest BCUT2D eigenvalue weighted by molar-refractivity contribution is 5.63. The SMILES string of the molecule is CNc1cc(NCCCN(C)C(C)C)cc([N+](=O)[O-])c1. The molecule has 6 nitrogen and oxygen atoms in total. The van der Waals surface area contributed by atoms with E-state index in [9.17, 15) is 10.1 Å². The lowest BCUT2D eigenvalue weighted by molar-refractivity contribution is -0.384. The molecule has 0 fully saturated rings. The number of nitro benzene ring substituents is 1. The van der Waals surface area contributed by atoms with E-state index in [-0.39, 0.29) is 10.6 Å². The summed E-state index contributed by atoms with van der Waals surface area (Å²) in [6.45, 7) is 6.11. The quantitative estimate of drug-likeness (QED) is 0.435. The fourth-order valence-electron chi connectivity index (χ4n) is 1.78. The van der Waals surface area contributed by atoms with E-state index < -0.39 is 0 Å². The first kappa shape index (κ1) is 16.2. The van der Waals surface area contributed by atoms with Crippen LogP contribution in [0.2, 0.25) is 0 Å². The van der Waals surface area contributed by atoms with Crippen molar-refractivity contribution in [3.05, 3.63) is 28.3 Å². The van der Waals surface area contributed by atoms with Crippen LogP contribution in [0, 0.1) is 10.1 Å². The number of benzene rings is 1. The Morgan fingerprint density at radius 1 is 1.30 bits per heavy atom. The smallest absolute Gasteiger partial charge is 0.273 e. The molecule has 6 heteroatoms. The average Bonchev–Trinajstić information content (AvgIpc) is 2.42. The van der Waals surface area contributed by atoms with Crippen molar-refractivity contribution in [1.82, 2.24) is 4.90 Å². The minimum atomic E-state index is -0.376. The number of nitro groups is 1. The van der Waals surface area contributed by atoms with Crippen LogP contribution in [0.25, 0.3) is 0 Å². The van der Waals surface area contributed by atoms with Crippen molar-refractivity contribution in [2.45, 2.75) is 26.3 Å². The van der Waals surface area contributed by atoms with E-state index in [2.05, 4.69) is 36.4 Å². The van der Waals surface area contributed by atoms with Gasteiger partial charge in [-0.15, -0.1) is 0 Å². The zero-order valence-corrected chi connectivity index (χ0v) is 12.6. The molecule has 0 aliphatic heterocycles. The van der Waals surface area contributed by atoms with Gasteiger partial charge in [-0.05, 0) is 39.9 Å². The molecule has 0 aromatic heterocycles. The molecule has 0 saturated carbocycles. The van der Waals surface area contributed by atoms with Gasteiger partial charge in [0, 0.05) is 43.1 Å². The molecule has 2 N–H and O–H groups in total. The molecule has 0 spiro atoms. The fourth-order valence-corrected chi connectivity index (χ4v) is 1.78. The third-order valence-electron chi connectivity index (χ3n) is 3.32. The summed E-state index contributed by atoms with van der Waals surface area (Å²) in [6.07, 6.45) is 0.992. The average molecular weight is 280 g/mol. The Kier molecular flexibility index (Phi) is 6.24. The van der Waals surface area contributed by atoms with Crippen molar-refractivity contribution in [2.75, 3.05) is 37.8 Å². The van der Waals surface area contributed by atoms with Crippen LogP contribution in [0.15, 0.2) is 18.2 Å². The number of nitrogens with one attached hydrogen (secondary N) is 2. The van der Waals surface area contributed by atoms with Crippen LogP contribution < -0.4 is 10.6 Å². The van der Waals surface area contributed by atoms with Gasteiger partial charge in [-0.1, -0.05) is 0 Å². The van der Waals surface area contributed by atoms with E-state index in [0.717, 1.165) is 30.9 Å². The van der Waals surface area contributed by atoms with E-state index in [1.54, 1.807) is 13.1 Å². The number of hydrogen-bond acceptors (Lipinski definition) is 5. The van der Waals surface area contributed by atoms with Gasteiger partial charge in [0.05, 0.1) is 4.92 Å². The van der Waals surface area contributed by atoms with Crippen molar-refractivity contribution in [2.24, 2.45) is 0 Å². The Hall–Kier alpha value is -1.82. The summed E-state index contributed by atoms with van der Waals surface area (Å²) in [7, 11) is 3.84. The van der Waals surface area contributed by atoms with E-state index in [4.69, 9.17) is 0 Å². The molecule has 0 amide bonds. The lowest BCUT2D eigenvalue weighted by Gasteiger charge is -2.20. The van der Waals surface area contributed by atoms with Gasteiger partial charge >= 0.3 is 0 Å². The molecule has 1 aromatic rings. The van der Waals surface area contributed by atoms with Crippen LogP contribution in [0.4, 0.5) is 17.1 Å². The molecule has 0 aliphatic rings. The summed E-state index contributed by atoms with van der Waals surface area (Å²) in [5.74, 6) is 0.